The molecule has 6 nitrogen and oxygen atoms in total. The highest BCUT2D eigenvalue weighted by Gasteiger charge is 2.22. The summed E-state index contributed by atoms with van der Waals surface area (Å²) in [6, 6.07) is 6.86. The summed E-state index contributed by atoms with van der Waals surface area (Å²) < 4.78 is 1.35. The molecule has 0 aliphatic rings. The van der Waals surface area contributed by atoms with E-state index in [2.05, 4.69) is 4.98 Å². The van der Waals surface area contributed by atoms with Crippen LogP contribution in [0.4, 0.5) is 0 Å². The van der Waals surface area contributed by atoms with E-state index in [1.165, 1.54) is 10.6 Å². The van der Waals surface area contributed by atoms with E-state index >= 15 is 0 Å². The van der Waals surface area contributed by atoms with Crippen LogP contribution in [0.3, 0.4) is 0 Å². The zero-order chi connectivity index (χ0) is 18.6. The molecule has 0 amide bonds. The summed E-state index contributed by atoms with van der Waals surface area (Å²) in [4.78, 5) is 39.8. The number of nitrogens with zero attached hydrogens (tertiary/aromatic N) is 2. The normalized spacial score (nSPS) is 10.5. The van der Waals surface area contributed by atoms with E-state index in [0.717, 1.165) is 12.0 Å². The average molecular weight is 339 g/mol. The van der Waals surface area contributed by atoms with Crippen molar-refractivity contribution in [1.29, 1.82) is 5.26 Å². The second-order valence-corrected chi connectivity index (χ2v) is 5.97. The molecule has 130 valence electrons. The number of nitrogens with one attached hydrogen (secondary N) is 1. The Morgan fingerprint density at radius 3 is 2.56 bits per heavy atom. The number of benzene rings is 1. The zero-order valence-corrected chi connectivity index (χ0v) is 14.7. The maximum Gasteiger partial charge on any atom is 0.328 e. The summed E-state index contributed by atoms with van der Waals surface area (Å²) in [6.45, 7) is 5.91. The van der Waals surface area contributed by atoms with E-state index in [0.29, 0.717) is 36.1 Å². The second kappa shape index (κ2) is 7.75. The maximum atomic E-state index is 13.1. The quantitative estimate of drug-likeness (QED) is 0.817. The molecule has 0 atom stereocenters. The molecular formula is C19H21N3O3. The predicted molar refractivity (Wildman–Crippen MR) is 94.9 cm³/mol. The number of aromatic nitrogens is 2. The van der Waals surface area contributed by atoms with Gasteiger partial charge in [0.25, 0.3) is 5.56 Å². The van der Waals surface area contributed by atoms with Gasteiger partial charge in [-0.05, 0) is 43.5 Å². The van der Waals surface area contributed by atoms with Crippen LogP contribution >= 0.6 is 0 Å². The highest BCUT2D eigenvalue weighted by molar-refractivity contribution is 6.09. The van der Waals surface area contributed by atoms with Crippen molar-refractivity contribution >= 4 is 5.78 Å². The van der Waals surface area contributed by atoms with Crippen molar-refractivity contribution in [2.45, 2.75) is 46.6 Å². The first kappa shape index (κ1) is 18.4. The van der Waals surface area contributed by atoms with Gasteiger partial charge in [0.05, 0.1) is 11.6 Å². The van der Waals surface area contributed by atoms with E-state index in [1.54, 1.807) is 26.0 Å². The Bertz CT molecular complexity index is 961. The van der Waals surface area contributed by atoms with Gasteiger partial charge in [-0.3, -0.25) is 19.1 Å². The number of H-pyrrole nitrogens is 1. The Morgan fingerprint density at radius 1 is 1.24 bits per heavy atom. The number of hydrogen-bond donors (Lipinski definition) is 1. The zero-order valence-electron chi connectivity index (χ0n) is 14.7. The highest BCUT2D eigenvalue weighted by Crippen LogP contribution is 2.16. The lowest BCUT2D eigenvalue weighted by Gasteiger charge is -2.15. The first-order valence-electron chi connectivity index (χ1n) is 8.35. The average Bonchev–Trinajstić information content (AvgIpc) is 2.59. The molecule has 0 spiro atoms. The molecule has 0 radical (unpaired) electrons. The molecule has 1 aromatic heterocycles. The van der Waals surface area contributed by atoms with Crippen molar-refractivity contribution in [2.75, 3.05) is 0 Å². The van der Waals surface area contributed by atoms with Gasteiger partial charge in [-0.1, -0.05) is 20.3 Å². The summed E-state index contributed by atoms with van der Waals surface area (Å²) >= 11 is 0. The van der Waals surface area contributed by atoms with Gasteiger partial charge in [-0.25, -0.2) is 4.79 Å². The molecule has 6 heteroatoms. The fraction of sp³-hybridized carbons (Fsp3) is 0.368. The van der Waals surface area contributed by atoms with Gasteiger partial charge in [0.2, 0.25) is 5.78 Å². The molecule has 0 fully saturated rings. The summed E-state index contributed by atoms with van der Waals surface area (Å²) in [5, 5.41) is 9.13. The van der Waals surface area contributed by atoms with Crippen LogP contribution in [0.2, 0.25) is 0 Å². The lowest BCUT2D eigenvalue weighted by molar-refractivity contribution is 0.102. The molecule has 0 bridgehead atoms. The number of ketones is 1. The third kappa shape index (κ3) is 3.77. The smallest absolute Gasteiger partial charge is 0.290 e. The molecule has 1 N–H and O–H groups in total. The number of nitriles is 1. The van der Waals surface area contributed by atoms with Crippen LogP contribution < -0.4 is 11.2 Å². The van der Waals surface area contributed by atoms with Crippen molar-refractivity contribution in [3.05, 3.63) is 67.0 Å². The molecule has 2 aromatic rings. The number of rotatable bonds is 6. The number of carbonyl (C=O) groups is 1. The Balaban J connectivity index is 2.74. The minimum atomic E-state index is -0.577. The van der Waals surface area contributed by atoms with Crippen molar-refractivity contribution in [1.82, 2.24) is 9.55 Å². The van der Waals surface area contributed by atoms with E-state index in [1.807, 2.05) is 13.0 Å². The Kier molecular flexibility index (Phi) is 5.71. The van der Waals surface area contributed by atoms with Crippen LogP contribution in [-0.2, 0) is 13.0 Å². The van der Waals surface area contributed by atoms with Crippen molar-refractivity contribution in [3.8, 4) is 6.07 Å². The minimum Gasteiger partial charge on any atom is -0.290 e. The Hall–Kier alpha value is -2.94. The second-order valence-electron chi connectivity index (χ2n) is 5.97. The summed E-state index contributed by atoms with van der Waals surface area (Å²) in [5.74, 6) is -0.406. The third-order valence-corrected chi connectivity index (χ3v) is 4.07. The molecule has 0 aliphatic heterocycles. The van der Waals surface area contributed by atoms with Gasteiger partial charge in [0.1, 0.15) is 5.69 Å². The Labute approximate surface area is 145 Å². The largest absolute Gasteiger partial charge is 0.328 e. The van der Waals surface area contributed by atoms with Gasteiger partial charge >= 0.3 is 5.69 Å². The fourth-order valence-corrected chi connectivity index (χ4v) is 2.84. The number of aromatic amines is 1. The third-order valence-electron chi connectivity index (χ3n) is 4.07. The van der Waals surface area contributed by atoms with E-state index in [4.69, 9.17) is 5.26 Å². The molecule has 0 unspecified atom stereocenters. The summed E-state index contributed by atoms with van der Waals surface area (Å²) in [6.07, 6.45) is 1.90. The van der Waals surface area contributed by atoms with Crippen LogP contribution in [0.15, 0.2) is 27.8 Å². The van der Waals surface area contributed by atoms with Crippen molar-refractivity contribution < 1.29 is 4.79 Å². The minimum absolute atomic E-state index is 0.124. The summed E-state index contributed by atoms with van der Waals surface area (Å²) in [7, 11) is 0. The van der Waals surface area contributed by atoms with Gasteiger partial charge in [0.15, 0.2) is 0 Å². The maximum absolute atomic E-state index is 13.1. The van der Waals surface area contributed by atoms with Crippen LogP contribution in [0, 0.1) is 18.3 Å². The molecule has 0 saturated heterocycles. The molecule has 0 saturated carbocycles. The van der Waals surface area contributed by atoms with Crippen LogP contribution in [0.1, 0.15) is 59.4 Å². The number of aryl methyl sites for hydroxylation is 1. The molecule has 2 rings (SSSR count). The number of hydrogen-bond acceptors (Lipinski definition) is 4. The van der Waals surface area contributed by atoms with Crippen LogP contribution in [-0.4, -0.2) is 15.3 Å². The standard InChI is InChI=1S/C19H21N3O3/c1-4-6-7-22-16(15(5-2)18(24)21-19(22)25)17(23)14-9-12(3)8-13(10-14)11-20/h8-10H,4-7H2,1-3H3,(H,21,24,25). The topological polar surface area (TPSA) is 95.7 Å². The van der Waals surface area contributed by atoms with Gasteiger partial charge in [-0.15, -0.1) is 0 Å². The van der Waals surface area contributed by atoms with Gasteiger partial charge < -0.3 is 0 Å². The fourth-order valence-electron chi connectivity index (χ4n) is 2.84. The van der Waals surface area contributed by atoms with E-state index in [9.17, 15) is 14.4 Å². The SMILES string of the molecule is CCCCn1c(C(=O)c2cc(C)cc(C#N)c2)c(CC)c(=O)[nH]c1=O. The van der Waals surface area contributed by atoms with Crippen molar-refractivity contribution in [2.24, 2.45) is 0 Å². The van der Waals surface area contributed by atoms with Gasteiger partial charge in [-0.2, -0.15) is 5.26 Å². The highest BCUT2D eigenvalue weighted by atomic mass is 16.2. The summed E-state index contributed by atoms with van der Waals surface area (Å²) in [5.41, 5.74) is 0.756. The molecule has 0 aliphatic carbocycles. The van der Waals surface area contributed by atoms with Crippen LogP contribution in [0.25, 0.3) is 0 Å². The molecule has 1 aromatic carbocycles. The monoisotopic (exact) mass is 339 g/mol. The Morgan fingerprint density at radius 2 is 1.96 bits per heavy atom. The lowest BCUT2D eigenvalue weighted by atomic mass is 9.99. The van der Waals surface area contributed by atoms with E-state index < -0.39 is 17.0 Å². The molecular weight excluding hydrogens is 318 g/mol. The number of carbonyl (C=O) groups excluding carboxylic acids is 1. The predicted octanol–water partition coefficient (Wildman–Crippen LogP) is 2.31. The van der Waals surface area contributed by atoms with Gasteiger partial charge in [0, 0.05) is 17.7 Å². The van der Waals surface area contributed by atoms with Crippen molar-refractivity contribution in [3.63, 3.8) is 0 Å². The first-order chi connectivity index (χ1) is 11.9. The molecule has 25 heavy (non-hydrogen) atoms. The molecule has 1 heterocycles. The lowest BCUT2D eigenvalue weighted by Crippen LogP contribution is -2.37. The number of unbranched alkanes of at least 4 members (excludes halogenated alkanes) is 1. The van der Waals surface area contributed by atoms with Crippen LogP contribution in [0.5, 0.6) is 0 Å². The van der Waals surface area contributed by atoms with E-state index in [-0.39, 0.29) is 5.69 Å². The first-order valence-corrected chi connectivity index (χ1v) is 8.35.